The molecule has 0 aliphatic rings. The highest BCUT2D eigenvalue weighted by Crippen LogP contribution is 2.13. The molecule has 0 heterocycles. The smallest absolute Gasteiger partial charge is 0.305 e. The second-order valence-electron chi connectivity index (χ2n) is 4.67. The number of hydrogen-bond donors (Lipinski definition) is 1. The van der Waals surface area contributed by atoms with Crippen LogP contribution in [0.4, 0.5) is 0 Å². The molecule has 1 rings (SSSR count). The summed E-state index contributed by atoms with van der Waals surface area (Å²) in [6, 6.07) is 11.1. The predicted molar refractivity (Wildman–Crippen MR) is 73.3 cm³/mol. The number of nitrogens with one attached hydrogen (secondary N) is 1. The van der Waals surface area contributed by atoms with Gasteiger partial charge in [0.25, 0.3) is 0 Å². The lowest BCUT2D eigenvalue weighted by Crippen LogP contribution is -2.29. The van der Waals surface area contributed by atoms with Gasteiger partial charge < -0.3 is 10.1 Å². The van der Waals surface area contributed by atoms with Gasteiger partial charge in [-0.3, -0.25) is 4.79 Å². The monoisotopic (exact) mass is 249 g/mol. The molecular formula is C15H23NO2. The van der Waals surface area contributed by atoms with E-state index >= 15 is 0 Å². The number of carbonyl (C=O) groups is 1. The topological polar surface area (TPSA) is 38.3 Å². The minimum Gasteiger partial charge on any atom is -0.469 e. The Morgan fingerprint density at radius 2 is 1.94 bits per heavy atom. The molecule has 0 unspecified atom stereocenters. The Kier molecular flexibility index (Phi) is 6.44. The van der Waals surface area contributed by atoms with Gasteiger partial charge in [-0.05, 0) is 32.3 Å². The van der Waals surface area contributed by atoms with Gasteiger partial charge in [0.05, 0.1) is 7.11 Å². The van der Waals surface area contributed by atoms with E-state index in [9.17, 15) is 4.79 Å². The second-order valence-corrected chi connectivity index (χ2v) is 4.67. The van der Waals surface area contributed by atoms with Crippen LogP contribution >= 0.6 is 0 Å². The number of hydrogen-bond acceptors (Lipinski definition) is 3. The lowest BCUT2D eigenvalue weighted by atomic mass is 10.1. The molecule has 0 amide bonds. The SMILES string of the molecule is COC(=O)CCC[C@H](C)N[C@@H](C)c1ccccc1. The van der Waals surface area contributed by atoms with Gasteiger partial charge in [-0.25, -0.2) is 0 Å². The Morgan fingerprint density at radius 1 is 1.28 bits per heavy atom. The third-order valence-electron chi connectivity index (χ3n) is 3.08. The van der Waals surface area contributed by atoms with E-state index in [2.05, 4.69) is 48.2 Å². The summed E-state index contributed by atoms with van der Waals surface area (Å²) in [7, 11) is 1.43. The van der Waals surface area contributed by atoms with Crippen molar-refractivity contribution in [1.82, 2.24) is 5.32 Å². The van der Waals surface area contributed by atoms with Crippen molar-refractivity contribution >= 4 is 5.97 Å². The first kappa shape index (κ1) is 14.7. The third-order valence-corrected chi connectivity index (χ3v) is 3.08. The number of benzene rings is 1. The van der Waals surface area contributed by atoms with Crippen molar-refractivity contribution in [1.29, 1.82) is 0 Å². The second kappa shape index (κ2) is 7.88. The Hall–Kier alpha value is -1.35. The van der Waals surface area contributed by atoms with Crippen molar-refractivity contribution in [3.05, 3.63) is 35.9 Å². The van der Waals surface area contributed by atoms with Crippen LogP contribution in [0, 0.1) is 0 Å². The third kappa shape index (κ3) is 5.32. The van der Waals surface area contributed by atoms with Crippen LogP contribution in [0.1, 0.15) is 44.7 Å². The molecule has 2 atom stereocenters. The van der Waals surface area contributed by atoms with Gasteiger partial charge in [-0.2, -0.15) is 0 Å². The fourth-order valence-electron chi connectivity index (χ4n) is 2.00. The van der Waals surface area contributed by atoms with Crippen LogP contribution in [-0.4, -0.2) is 19.1 Å². The molecule has 0 saturated heterocycles. The summed E-state index contributed by atoms with van der Waals surface area (Å²) in [5.41, 5.74) is 1.29. The van der Waals surface area contributed by atoms with E-state index < -0.39 is 0 Å². The molecule has 1 N–H and O–H groups in total. The van der Waals surface area contributed by atoms with Crippen molar-refractivity contribution < 1.29 is 9.53 Å². The summed E-state index contributed by atoms with van der Waals surface area (Å²) in [6.45, 7) is 4.31. The van der Waals surface area contributed by atoms with E-state index in [1.165, 1.54) is 12.7 Å². The molecule has 0 aliphatic carbocycles. The minimum absolute atomic E-state index is 0.127. The van der Waals surface area contributed by atoms with Crippen LogP contribution in [0.25, 0.3) is 0 Å². The number of carbonyl (C=O) groups excluding carboxylic acids is 1. The molecule has 0 spiro atoms. The molecule has 1 aromatic carbocycles. The maximum Gasteiger partial charge on any atom is 0.305 e. The van der Waals surface area contributed by atoms with Gasteiger partial charge in [0, 0.05) is 18.5 Å². The summed E-state index contributed by atoms with van der Waals surface area (Å²) < 4.78 is 4.62. The van der Waals surface area contributed by atoms with Crippen LogP contribution in [-0.2, 0) is 9.53 Å². The van der Waals surface area contributed by atoms with Crippen molar-refractivity contribution in [2.75, 3.05) is 7.11 Å². The summed E-state index contributed by atoms with van der Waals surface area (Å²) >= 11 is 0. The molecule has 3 heteroatoms. The van der Waals surface area contributed by atoms with Crippen molar-refractivity contribution in [2.24, 2.45) is 0 Å². The average Bonchev–Trinajstić information content (AvgIpc) is 2.39. The molecule has 3 nitrogen and oxygen atoms in total. The van der Waals surface area contributed by atoms with E-state index in [1.807, 2.05) is 6.07 Å². The lowest BCUT2D eigenvalue weighted by Gasteiger charge is -2.20. The van der Waals surface area contributed by atoms with Gasteiger partial charge in [0.15, 0.2) is 0 Å². The number of esters is 1. The molecule has 0 fully saturated rings. The van der Waals surface area contributed by atoms with E-state index in [0.29, 0.717) is 18.5 Å². The Balaban J connectivity index is 2.27. The zero-order valence-corrected chi connectivity index (χ0v) is 11.5. The van der Waals surface area contributed by atoms with E-state index in [0.717, 1.165) is 12.8 Å². The molecule has 0 bridgehead atoms. The summed E-state index contributed by atoms with van der Waals surface area (Å²) in [5, 5.41) is 3.54. The number of rotatable bonds is 7. The summed E-state index contributed by atoms with van der Waals surface area (Å²) in [5.74, 6) is -0.127. The van der Waals surface area contributed by atoms with Crippen LogP contribution in [0.5, 0.6) is 0 Å². The van der Waals surface area contributed by atoms with Crippen molar-refractivity contribution in [3.63, 3.8) is 0 Å². The Bertz CT molecular complexity index is 351. The molecule has 0 radical (unpaired) electrons. The van der Waals surface area contributed by atoms with Crippen molar-refractivity contribution in [2.45, 2.75) is 45.2 Å². The molecule has 1 aromatic rings. The first-order chi connectivity index (χ1) is 8.63. The molecule has 0 aromatic heterocycles. The van der Waals surface area contributed by atoms with E-state index in [4.69, 9.17) is 0 Å². The van der Waals surface area contributed by atoms with Gasteiger partial charge in [0.2, 0.25) is 0 Å². The average molecular weight is 249 g/mol. The largest absolute Gasteiger partial charge is 0.469 e. The molecule has 0 aliphatic heterocycles. The molecule has 100 valence electrons. The lowest BCUT2D eigenvalue weighted by molar-refractivity contribution is -0.140. The van der Waals surface area contributed by atoms with Gasteiger partial charge in [0.1, 0.15) is 0 Å². The standard InChI is InChI=1S/C15H23NO2/c1-12(8-7-11-15(17)18-3)16-13(2)14-9-5-4-6-10-14/h4-6,9-10,12-13,16H,7-8,11H2,1-3H3/t12-,13-/m0/s1. The number of ether oxygens (including phenoxy) is 1. The van der Waals surface area contributed by atoms with E-state index in [1.54, 1.807) is 0 Å². The zero-order chi connectivity index (χ0) is 13.4. The summed E-state index contributed by atoms with van der Waals surface area (Å²) in [4.78, 5) is 11.0. The first-order valence-corrected chi connectivity index (χ1v) is 6.51. The Morgan fingerprint density at radius 3 is 2.56 bits per heavy atom. The highest BCUT2D eigenvalue weighted by molar-refractivity contribution is 5.68. The van der Waals surface area contributed by atoms with Crippen LogP contribution in [0.3, 0.4) is 0 Å². The quantitative estimate of drug-likeness (QED) is 0.755. The maximum absolute atomic E-state index is 11.0. The molecule has 18 heavy (non-hydrogen) atoms. The van der Waals surface area contributed by atoms with Gasteiger partial charge in [-0.1, -0.05) is 30.3 Å². The molecule has 0 saturated carbocycles. The van der Waals surface area contributed by atoms with Crippen LogP contribution in [0.2, 0.25) is 0 Å². The van der Waals surface area contributed by atoms with E-state index in [-0.39, 0.29) is 5.97 Å². The van der Waals surface area contributed by atoms with Gasteiger partial charge in [-0.15, -0.1) is 0 Å². The van der Waals surface area contributed by atoms with Crippen molar-refractivity contribution in [3.8, 4) is 0 Å². The molecular weight excluding hydrogens is 226 g/mol. The predicted octanol–water partition coefficient (Wildman–Crippen LogP) is 3.07. The normalized spacial score (nSPS) is 13.9. The fourth-order valence-corrected chi connectivity index (χ4v) is 2.00. The number of methoxy groups -OCH3 is 1. The van der Waals surface area contributed by atoms with Crippen LogP contribution in [0.15, 0.2) is 30.3 Å². The zero-order valence-electron chi connectivity index (χ0n) is 11.5. The highest BCUT2D eigenvalue weighted by atomic mass is 16.5. The highest BCUT2D eigenvalue weighted by Gasteiger charge is 2.09. The maximum atomic E-state index is 11.0. The van der Waals surface area contributed by atoms with Gasteiger partial charge >= 0.3 is 5.97 Å². The summed E-state index contributed by atoms with van der Waals surface area (Å²) in [6.07, 6.45) is 2.34. The fraction of sp³-hybridized carbons (Fsp3) is 0.533. The first-order valence-electron chi connectivity index (χ1n) is 6.51. The minimum atomic E-state index is -0.127. The van der Waals surface area contributed by atoms with Crippen LogP contribution < -0.4 is 5.32 Å². The Labute approximate surface area is 110 Å².